The summed E-state index contributed by atoms with van der Waals surface area (Å²) in [4.78, 5) is 7.79. The van der Waals surface area contributed by atoms with Gasteiger partial charge in [-0.15, -0.1) is 13.2 Å². The van der Waals surface area contributed by atoms with Crippen LogP contribution in [0.15, 0.2) is 48.5 Å². The van der Waals surface area contributed by atoms with Crippen molar-refractivity contribution >= 4 is 33.4 Å². The minimum absolute atomic E-state index is 0.274. The molecule has 0 saturated heterocycles. The molecule has 7 heteroatoms. The normalized spacial score (nSPS) is 12.0. The summed E-state index contributed by atoms with van der Waals surface area (Å²) in [6.07, 6.45) is -4.74. The number of aryl methyl sites for hydroxylation is 1. The Bertz CT molecular complexity index is 1130. The van der Waals surface area contributed by atoms with Gasteiger partial charge < -0.3 is 9.72 Å². The van der Waals surface area contributed by atoms with Crippen LogP contribution in [0.1, 0.15) is 5.69 Å². The average Bonchev–Trinajstić information content (AvgIpc) is 2.89. The molecule has 2 aromatic heterocycles. The van der Waals surface area contributed by atoms with Gasteiger partial charge in [-0.05, 0) is 37.3 Å². The average molecular weight is 377 g/mol. The number of aromatic amines is 1. The summed E-state index contributed by atoms with van der Waals surface area (Å²) in [5.74, 6) is -0.274. The lowest BCUT2D eigenvalue weighted by molar-refractivity contribution is -0.274. The van der Waals surface area contributed by atoms with Gasteiger partial charge in [-0.2, -0.15) is 0 Å². The number of halogens is 4. The molecule has 0 aliphatic carbocycles. The van der Waals surface area contributed by atoms with Crippen molar-refractivity contribution in [1.29, 1.82) is 0 Å². The summed E-state index contributed by atoms with van der Waals surface area (Å²) < 4.78 is 41.6. The molecule has 2 aromatic carbocycles. The van der Waals surface area contributed by atoms with E-state index in [1.165, 1.54) is 12.1 Å². The van der Waals surface area contributed by atoms with Crippen LogP contribution in [0.5, 0.6) is 5.75 Å². The van der Waals surface area contributed by atoms with Gasteiger partial charge in [0.05, 0.1) is 16.2 Å². The van der Waals surface area contributed by atoms with Crippen molar-refractivity contribution in [2.24, 2.45) is 0 Å². The van der Waals surface area contributed by atoms with Crippen LogP contribution in [-0.2, 0) is 0 Å². The van der Waals surface area contributed by atoms with E-state index in [9.17, 15) is 13.2 Å². The first kappa shape index (κ1) is 16.7. The second-order valence-electron chi connectivity index (χ2n) is 5.89. The summed E-state index contributed by atoms with van der Waals surface area (Å²) in [6, 6.07) is 13.4. The SMILES string of the molecule is Cc1[nH]c2ccc(OC(F)(F)F)cc2c1-c1ccc2cccc(Cl)c2n1. The highest BCUT2D eigenvalue weighted by Crippen LogP contribution is 2.36. The lowest BCUT2D eigenvalue weighted by Crippen LogP contribution is -2.16. The van der Waals surface area contributed by atoms with Gasteiger partial charge in [0.15, 0.2) is 0 Å². The number of fused-ring (bicyclic) bond motifs is 2. The van der Waals surface area contributed by atoms with Crippen molar-refractivity contribution < 1.29 is 17.9 Å². The summed E-state index contributed by atoms with van der Waals surface area (Å²) in [7, 11) is 0. The fourth-order valence-electron chi connectivity index (χ4n) is 3.08. The molecule has 1 N–H and O–H groups in total. The fourth-order valence-corrected chi connectivity index (χ4v) is 3.31. The molecule has 3 nitrogen and oxygen atoms in total. The van der Waals surface area contributed by atoms with Crippen molar-refractivity contribution in [2.75, 3.05) is 0 Å². The number of hydrogen-bond acceptors (Lipinski definition) is 2. The monoisotopic (exact) mass is 376 g/mol. The molecule has 0 bridgehead atoms. The van der Waals surface area contributed by atoms with E-state index in [1.54, 1.807) is 12.1 Å². The Balaban J connectivity index is 1.91. The molecule has 0 saturated carbocycles. The molecule has 0 atom stereocenters. The highest BCUT2D eigenvalue weighted by Gasteiger charge is 2.31. The van der Waals surface area contributed by atoms with Crippen LogP contribution in [0, 0.1) is 6.92 Å². The molecule has 0 radical (unpaired) electrons. The molecule has 0 aliphatic rings. The first-order valence-electron chi connectivity index (χ1n) is 7.75. The molecule has 0 aliphatic heterocycles. The lowest BCUT2D eigenvalue weighted by Gasteiger charge is -2.09. The highest BCUT2D eigenvalue weighted by atomic mass is 35.5. The number of rotatable bonds is 2. The van der Waals surface area contributed by atoms with E-state index in [0.29, 0.717) is 27.1 Å². The lowest BCUT2D eigenvalue weighted by atomic mass is 10.1. The van der Waals surface area contributed by atoms with E-state index >= 15 is 0 Å². The Morgan fingerprint density at radius 1 is 1.08 bits per heavy atom. The Morgan fingerprint density at radius 2 is 1.88 bits per heavy atom. The van der Waals surface area contributed by atoms with E-state index in [1.807, 2.05) is 31.2 Å². The molecule has 0 amide bonds. The number of nitrogens with one attached hydrogen (secondary N) is 1. The predicted octanol–water partition coefficient (Wildman–Crippen LogP) is 6.24. The van der Waals surface area contributed by atoms with Gasteiger partial charge >= 0.3 is 6.36 Å². The molecule has 4 rings (SSSR count). The minimum Gasteiger partial charge on any atom is -0.406 e. The summed E-state index contributed by atoms with van der Waals surface area (Å²) in [5.41, 5.74) is 3.48. The van der Waals surface area contributed by atoms with Crippen LogP contribution in [0.2, 0.25) is 5.02 Å². The van der Waals surface area contributed by atoms with Gasteiger partial charge in [0, 0.05) is 27.5 Å². The highest BCUT2D eigenvalue weighted by molar-refractivity contribution is 6.35. The molecule has 26 heavy (non-hydrogen) atoms. The Morgan fingerprint density at radius 3 is 2.65 bits per heavy atom. The van der Waals surface area contributed by atoms with Gasteiger partial charge in [-0.1, -0.05) is 29.8 Å². The third-order valence-electron chi connectivity index (χ3n) is 4.12. The molecular formula is C19H12ClF3N2O. The fraction of sp³-hybridized carbons (Fsp3) is 0.105. The number of para-hydroxylation sites is 1. The zero-order chi connectivity index (χ0) is 18.5. The summed E-state index contributed by atoms with van der Waals surface area (Å²) >= 11 is 6.23. The second kappa shape index (κ2) is 5.92. The van der Waals surface area contributed by atoms with E-state index in [-0.39, 0.29) is 5.75 Å². The summed E-state index contributed by atoms with van der Waals surface area (Å²) in [6.45, 7) is 1.85. The van der Waals surface area contributed by atoms with Crippen LogP contribution in [0.4, 0.5) is 13.2 Å². The van der Waals surface area contributed by atoms with Gasteiger partial charge in [0.1, 0.15) is 5.75 Å². The molecule has 0 spiro atoms. The van der Waals surface area contributed by atoms with Crippen LogP contribution in [0.3, 0.4) is 0 Å². The van der Waals surface area contributed by atoms with E-state index in [2.05, 4.69) is 14.7 Å². The number of benzene rings is 2. The first-order valence-corrected chi connectivity index (χ1v) is 8.13. The molecule has 2 heterocycles. The van der Waals surface area contributed by atoms with Crippen LogP contribution >= 0.6 is 11.6 Å². The zero-order valence-corrected chi connectivity index (χ0v) is 14.2. The minimum atomic E-state index is -4.74. The number of pyridine rings is 1. The molecule has 0 fully saturated rings. The van der Waals surface area contributed by atoms with E-state index in [4.69, 9.17) is 11.6 Å². The Kier molecular flexibility index (Phi) is 3.80. The molecule has 0 unspecified atom stereocenters. The standard InChI is InChI=1S/C19H12ClF3N2O/c1-10-17(16-7-5-11-3-2-4-14(20)18(11)25-16)13-9-12(26-19(21,22)23)6-8-15(13)24-10/h2-9,24H,1H3. The third kappa shape index (κ3) is 2.97. The van der Waals surface area contributed by atoms with Crippen molar-refractivity contribution in [1.82, 2.24) is 9.97 Å². The maximum Gasteiger partial charge on any atom is 0.573 e. The van der Waals surface area contributed by atoms with Gasteiger partial charge in [-0.3, -0.25) is 0 Å². The number of aromatic nitrogens is 2. The maximum atomic E-state index is 12.5. The van der Waals surface area contributed by atoms with Gasteiger partial charge in [0.25, 0.3) is 0 Å². The topological polar surface area (TPSA) is 37.9 Å². The maximum absolute atomic E-state index is 12.5. The number of ether oxygens (including phenoxy) is 1. The number of alkyl halides is 3. The van der Waals surface area contributed by atoms with Crippen molar-refractivity contribution in [2.45, 2.75) is 13.3 Å². The second-order valence-corrected chi connectivity index (χ2v) is 6.30. The van der Waals surface area contributed by atoms with E-state index < -0.39 is 6.36 Å². The first-order chi connectivity index (χ1) is 12.3. The number of H-pyrrole nitrogens is 1. The smallest absolute Gasteiger partial charge is 0.406 e. The van der Waals surface area contributed by atoms with Crippen molar-refractivity contribution in [3.63, 3.8) is 0 Å². The van der Waals surface area contributed by atoms with Crippen LogP contribution in [0.25, 0.3) is 33.1 Å². The summed E-state index contributed by atoms with van der Waals surface area (Å²) in [5, 5.41) is 2.01. The number of hydrogen-bond donors (Lipinski definition) is 1. The van der Waals surface area contributed by atoms with E-state index in [0.717, 1.165) is 16.6 Å². The molecule has 4 aromatic rings. The zero-order valence-electron chi connectivity index (χ0n) is 13.5. The third-order valence-corrected chi connectivity index (χ3v) is 4.42. The molecule has 132 valence electrons. The van der Waals surface area contributed by atoms with Gasteiger partial charge in [-0.25, -0.2) is 4.98 Å². The largest absolute Gasteiger partial charge is 0.573 e. The predicted molar refractivity (Wildman–Crippen MR) is 95.5 cm³/mol. The van der Waals surface area contributed by atoms with Crippen LogP contribution in [-0.4, -0.2) is 16.3 Å². The number of nitrogens with zero attached hydrogens (tertiary/aromatic N) is 1. The van der Waals surface area contributed by atoms with Crippen LogP contribution < -0.4 is 4.74 Å². The Hall–Kier alpha value is -2.73. The molecular weight excluding hydrogens is 365 g/mol. The van der Waals surface area contributed by atoms with Crippen molar-refractivity contribution in [3.05, 3.63) is 59.2 Å². The van der Waals surface area contributed by atoms with Gasteiger partial charge in [0.2, 0.25) is 0 Å². The Labute approximate surface area is 151 Å². The van der Waals surface area contributed by atoms with Crippen molar-refractivity contribution in [3.8, 4) is 17.0 Å². The quantitative estimate of drug-likeness (QED) is 0.449.